The maximum atomic E-state index is 12.0. The lowest BCUT2D eigenvalue weighted by Crippen LogP contribution is -2.31. The molecule has 0 aliphatic carbocycles. The highest BCUT2D eigenvalue weighted by Crippen LogP contribution is 2.32. The molecule has 0 spiro atoms. The molecule has 1 amide bonds. The lowest BCUT2D eigenvalue weighted by molar-refractivity contribution is -0.114. The van der Waals surface area contributed by atoms with E-state index in [1.54, 1.807) is 17.0 Å². The molecule has 19 heavy (non-hydrogen) atoms. The van der Waals surface area contributed by atoms with Gasteiger partial charge in [0.05, 0.1) is 11.3 Å². The van der Waals surface area contributed by atoms with Gasteiger partial charge in [-0.3, -0.25) is 9.59 Å². The Morgan fingerprint density at radius 1 is 1.26 bits per heavy atom. The van der Waals surface area contributed by atoms with Gasteiger partial charge in [0.1, 0.15) is 0 Å². The van der Waals surface area contributed by atoms with Crippen LogP contribution in [-0.4, -0.2) is 23.6 Å². The van der Waals surface area contributed by atoms with Crippen LogP contribution >= 0.6 is 31.9 Å². The van der Waals surface area contributed by atoms with Crippen molar-refractivity contribution in [1.29, 1.82) is 0 Å². The standard InChI is InChI=1S/C14H15Br2NO2/c1-9(4-6-15)5-7-17-12-8-10(16)2-3-11(12)13(18)14(17)19/h2-3,8-9H,4-7H2,1H3. The molecule has 0 saturated heterocycles. The summed E-state index contributed by atoms with van der Waals surface area (Å²) in [4.78, 5) is 25.5. The maximum Gasteiger partial charge on any atom is 0.299 e. The number of amides is 1. The number of fused-ring (bicyclic) bond motifs is 1. The number of carbonyl (C=O) groups is 2. The predicted octanol–water partition coefficient (Wildman–Crippen LogP) is 3.79. The van der Waals surface area contributed by atoms with Gasteiger partial charge < -0.3 is 4.90 Å². The van der Waals surface area contributed by atoms with E-state index in [9.17, 15) is 9.59 Å². The number of anilines is 1. The lowest BCUT2D eigenvalue weighted by atomic mass is 10.1. The first kappa shape index (κ1) is 14.7. The van der Waals surface area contributed by atoms with Gasteiger partial charge in [0, 0.05) is 16.3 Å². The number of alkyl halides is 1. The summed E-state index contributed by atoms with van der Waals surface area (Å²) < 4.78 is 0.882. The first-order valence-corrected chi connectivity index (χ1v) is 8.17. The summed E-state index contributed by atoms with van der Waals surface area (Å²) in [6.45, 7) is 2.76. The highest BCUT2D eigenvalue weighted by atomic mass is 79.9. The Morgan fingerprint density at radius 2 is 2.00 bits per heavy atom. The van der Waals surface area contributed by atoms with Gasteiger partial charge >= 0.3 is 0 Å². The third-order valence-electron chi connectivity index (χ3n) is 3.38. The summed E-state index contributed by atoms with van der Waals surface area (Å²) in [5.74, 6) is -0.270. The van der Waals surface area contributed by atoms with E-state index in [1.165, 1.54) is 0 Å². The van der Waals surface area contributed by atoms with Crippen LogP contribution in [0.1, 0.15) is 30.1 Å². The Morgan fingerprint density at radius 3 is 2.68 bits per heavy atom. The highest BCUT2D eigenvalue weighted by Gasteiger charge is 2.35. The molecule has 102 valence electrons. The van der Waals surface area contributed by atoms with Crippen molar-refractivity contribution in [3.63, 3.8) is 0 Å². The number of ketones is 1. The van der Waals surface area contributed by atoms with Crippen molar-refractivity contribution in [2.75, 3.05) is 16.8 Å². The van der Waals surface area contributed by atoms with Crippen LogP contribution in [0.4, 0.5) is 5.69 Å². The number of hydrogen-bond donors (Lipinski definition) is 0. The van der Waals surface area contributed by atoms with Gasteiger partial charge in [0.25, 0.3) is 11.7 Å². The molecular formula is C14H15Br2NO2. The van der Waals surface area contributed by atoms with Crippen molar-refractivity contribution < 1.29 is 9.59 Å². The fourth-order valence-electron chi connectivity index (χ4n) is 2.17. The third-order valence-corrected chi connectivity index (χ3v) is 4.33. The van der Waals surface area contributed by atoms with Gasteiger partial charge in [0.15, 0.2) is 0 Å². The molecule has 0 N–H and O–H groups in total. The molecule has 0 fully saturated rings. The van der Waals surface area contributed by atoms with Crippen LogP contribution in [0.25, 0.3) is 0 Å². The van der Waals surface area contributed by atoms with E-state index < -0.39 is 11.7 Å². The Bertz CT molecular complexity index is 516. The van der Waals surface area contributed by atoms with Gasteiger partial charge in [-0.2, -0.15) is 0 Å². The van der Waals surface area contributed by atoms with Crippen molar-refractivity contribution in [2.45, 2.75) is 19.8 Å². The summed E-state index contributed by atoms with van der Waals surface area (Å²) in [6.07, 6.45) is 1.97. The van der Waals surface area contributed by atoms with Crippen LogP contribution < -0.4 is 4.90 Å². The second kappa shape index (κ2) is 6.18. The molecule has 1 atom stereocenters. The third kappa shape index (κ3) is 3.08. The first-order chi connectivity index (χ1) is 9.04. The van der Waals surface area contributed by atoms with Crippen molar-refractivity contribution in [3.8, 4) is 0 Å². The zero-order chi connectivity index (χ0) is 14.0. The second-order valence-corrected chi connectivity index (χ2v) is 6.53. The average molecular weight is 389 g/mol. The molecule has 1 aromatic rings. The molecular weight excluding hydrogens is 374 g/mol. The summed E-state index contributed by atoms with van der Waals surface area (Å²) in [5, 5.41) is 0.961. The fraction of sp³-hybridized carbons (Fsp3) is 0.429. The molecule has 0 aromatic heterocycles. The molecule has 1 unspecified atom stereocenters. The molecule has 1 aromatic carbocycles. The number of halogens is 2. The number of hydrogen-bond acceptors (Lipinski definition) is 2. The highest BCUT2D eigenvalue weighted by molar-refractivity contribution is 9.10. The van der Waals surface area contributed by atoms with Gasteiger partial charge in [-0.05, 0) is 37.0 Å². The molecule has 0 saturated carbocycles. The van der Waals surface area contributed by atoms with E-state index in [4.69, 9.17) is 0 Å². The minimum Gasteiger partial charge on any atom is -0.305 e. The molecule has 0 radical (unpaired) electrons. The average Bonchev–Trinajstić information content (AvgIpc) is 2.60. The van der Waals surface area contributed by atoms with E-state index in [0.717, 1.165) is 28.3 Å². The maximum absolute atomic E-state index is 12.0. The van der Waals surface area contributed by atoms with Crippen molar-refractivity contribution >= 4 is 49.2 Å². The van der Waals surface area contributed by atoms with Crippen LogP contribution in [0.15, 0.2) is 22.7 Å². The monoisotopic (exact) mass is 387 g/mol. The second-order valence-electron chi connectivity index (χ2n) is 4.82. The minimum atomic E-state index is -0.404. The lowest BCUT2D eigenvalue weighted by Gasteiger charge is -2.19. The number of benzene rings is 1. The normalized spacial score (nSPS) is 15.8. The van der Waals surface area contributed by atoms with Crippen LogP contribution in [0.3, 0.4) is 0 Å². The molecule has 2 rings (SSSR count). The van der Waals surface area contributed by atoms with E-state index in [1.807, 2.05) is 6.07 Å². The molecule has 5 heteroatoms. The van der Waals surface area contributed by atoms with E-state index in [-0.39, 0.29) is 0 Å². The van der Waals surface area contributed by atoms with E-state index in [0.29, 0.717) is 18.0 Å². The molecule has 3 nitrogen and oxygen atoms in total. The quantitative estimate of drug-likeness (QED) is 0.568. The number of Topliss-reactive ketones (excluding diaryl/α,β-unsaturated/α-hetero) is 1. The summed E-state index contributed by atoms with van der Waals surface area (Å²) in [6, 6.07) is 5.34. The number of nitrogens with zero attached hydrogens (tertiary/aromatic N) is 1. The SMILES string of the molecule is CC(CCBr)CCN1C(=O)C(=O)c2ccc(Br)cc21. The van der Waals surface area contributed by atoms with Crippen molar-refractivity contribution in [1.82, 2.24) is 0 Å². The zero-order valence-corrected chi connectivity index (χ0v) is 13.8. The van der Waals surface area contributed by atoms with Gasteiger partial charge in [-0.15, -0.1) is 0 Å². The van der Waals surface area contributed by atoms with E-state index >= 15 is 0 Å². The molecule has 1 aliphatic rings. The summed E-state index contributed by atoms with van der Waals surface area (Å²) in [5.41, 5.74) is 1.25. The van der Waals surface area contributed by atoms with Crippen molar-refractivity contribution in [2.24, 2.45) is 5.92 Å². The van der Waals surface area contributed by atoms with E-state index in [2.05, 4.69) is 38.8 Å². The molecule has 1 heterocycles. The van der Waals surface area contributed by atoms with Crippen LogP contribution in [0, 0.1) is 5.92 Å². The Labute approximate surface area is 129 Å². The van der Waals surface area contributed by atoms with Crippen LogP contribution in [-0.2, 0) is 4.79 Å². The van der Waals surface area contributed by atoms with Crippen LogP contribution in [0.2, 0.25) is 0 Å². The van der Waals surface area contributed by atoms with Gasteiger partial charge in [-0.25, -0.2) is 0 Å². The van der Waals surface area contributed by atoms with Crippen LogP contribution in [0.5, 0.6) is 0 Å². The Balaban J connectivity index is 2.16. The topological polar surface area (TPSA) is 37.4 Å². The Hall–Kier alpha value is -0.680. The number of carbonyl (C=O) groups excluding carboxylic acids is 2. The Kier molecular flexibility index (Phi) is 4.79. The smallest absolute Gasteiger partial charge is 0.299 e. The van der Waals surface area contributed by atoms with Gasteiger partial charge in [0.2, 0.25) is 0 Å². The summed E-state index contributed by atoms with van der Waals surface area (Å²) in [7, 11) is 0. The first-order valence-electron chi connectivity index (χ1n) is 6.26. The largest absolute Gasteiger partial charge is 0.305 e. The van der Waals surface area contributed by atoms with Crippen molar-refractivity contribution in [3.05, 3.63) is 28.2 Å². The summed E-state index contributed by atoms with van der Waals surface area (Å²) >= 11 is 6.80. The number of rotatable bonds is 5. The fourth-order valence-corrected chi connectivity index (χ4v) is 3.30. The molecule has 1 aliphatic heterocycles. The minimum absolute atomic E-state index is 0.393. The zero-order valence-electron chi connectivity index (χ0n) is 10.7. The molecule has 0 bridgehead atoms. The van der Waals surface area contributed by atoms with Gasteiger partial charge in [-0.1, -0.05) is 38.8 Å². The predicted molar refractivity (Wildman–Crippen MR) is 83.0 cm³/mol.